The predicted octanol–water partition coefficient (Wildman–Crippen LogP) is 1.14. The number of nitrogens with one attached hydrogen (secondary N) is 1. The summed E-state index contributed by atoms with van der Waals surface area (Å²) in [6.07, 6.45) is 2.96. The van der Waals surface area contributed by atoms with Crippen molar-refractivity contribution in [1.29, 1.82) is 5.26 Å². The fraction of sp³-hybridized carbons (Fsp3) is 0.143. The molecule has 6 nitrogen and oxygen atoms in total. The topological polar surface area (TPSA) is 87.8 Å². The molecule has 2 aromatic rings. The number of hydrogen-bond donors (Lipinski definition) is 1. The Balaban J connectivity index is 1.95. The number of aryl methyl sites for hydroxylation is 1. The number of carbonyl (C=O) groups is 1. The van der Waals surface area contributed by atoms with Crippen molar-refractivity contribution in [3.05, 3.63) is 58.8 Å². The van der Waals surface area contributed by atoms with Crippen molar-refractivity contribution in [2.75, 3.05) is 5.32 Å². The first-order valence-electron chi connectivity index (χ1n) is 5.99. The predicted molar refractivity (Wildman–Crippen MR) is 72.9 cm³/mol. The highest BCUT2D eigenvalue weighted by molar-refractivity contribution is 5.90. The van der Waals surface area contributed by atoms with Gasteiger partial charge in [-0.2, -0.15) is 5.26 Å². The molecule has 6 heteroatoms. The molecule has 0 atom stereocenters. The first kappa shape index (κ1) is 13.5. The second kappa shape index (κ2) is 6.29. The van der Waals surface area contributed by atoms with Crippen LogP contribution in [0.4, 0.5) is 5.69 Å². The molecule has 20 heavy (non-hydrogen) atoms. The molecule has 1 N–H and O–H groups in total. The normalized spacial score (nSPS) is 9.75. The molecule has 0 aliphatic carbocycles. The highest BCUT2D eigenvalue weighted by Gasteiger charge is 2.04. The number of hydrogen-bond acceptors (Lipinski definition) is 4. The molecule has 1 aromatic carbocycles. The molecule has 0 saturated carbocycles. The van der Waals surface area contributed by atoms with Gasteiger partial charge < -0.3 is 5.32 Å². The van der Waals surface area contributed by atoms with Crippen molar-refractivity contribution < 1.29 is 4.79 Å². The third-order valence-electron chi connectivity index (χ3n) is 2.65. The van der Waals surface area contributed by atoms with Crippen molar-refractivity contribution in [3.8, 4) is 6.07 Å². The van der Waals surface area contributed by atoms with Gasteiger partial charge in [-0.25, -0.2) is 4.98 Å². The minimum Gasteiger partial charge on any atom is -0.326 e. The molecule has 2 rings (SSSR count). The molecule has 0 aliphatic rings. The number of nitriles is 1. The van der Waals surface area contributed by atoms with Crippen LogP contribution in [0.2, 0.25) is 0 Å². The van der Waals surface area contributed by atoms with Crippen LogP contribution in [-0.4, -0.2) is 15.5 Å². The Morgan fingerprint density at radius 2 is 2.25 bits per heavy atom. The lowest BCUT2D eigenvalue weighted by Gasteiger charge is -2.06. The molecule has 0 spiro atoms. The zero-order valence-electron chi connectivity index (χ0n) is 10.6. The lowest BCUT2D eigenvalue weighted by molar-refractivity contribution is -0.116. The van der Waals surface area contributed by atoms with E-state index >= 15 is 0 Å². The Kier molecular flexibility index (Phi) is 4.24. The van der Waals surface area contributed by atoms with E-state index in [1.807, 2.05) is 6.07 Å². The van der Waals surface area contributed by atoms with Crippen molar-refractivity contribution in [3.63, 3.8) is 0 Å². The van der Waals surface area contributed by atoms with E-state index in [-0.39, 0.29) is 24.4 Å². The standard InChI is InChI=1S/C14H12N4O2/c15-9-11-2-1-3-12(8-11)17-13(19)5-7-18-10-16-6-4-14(18)20/h1-4,6,8,10H,5,7H2,(H,17,19). The van der Waals surface area contributed by atoms with Crippen LogP contribution in [0.25, 0.3) is 0 Å². The van der Waals surface area contributed by atoms with Crippen LogP contribution < -0.4 is 10.9 Å². The van der Waals surface area contributed by atoms with Crippen LogP contribution in [0.5, 0.6) is 0 Å². The van der Waals surface area contributed by atoms with Crippen LogP contribution in [0.15, 0.2) is 47.7 Å². The summed E-state index contributed by atoms with van der Waals surface area (Å²) in [5, 5.41) is 11.5. The maximum atomic E-state index is 11.8. The van der Waals surface area contributed by atoms with Crippen molar-refractivity contribution in [2.24, 2.45) is 0 Å². The monoisotopic (exact) mass is 268 g/mol. The van der Waals surface area contributed by atoms with E-state index in [1.165, 1.54) is 23.2 Å². The average Bonchev–Trinajstić information content (AvgIpc) is 2.46. The van der Waals surface area contributed by atoms with Crippen LogP contribution in [0, 0.1) is 11.3 Å². The lowest BCUT2D eigenvalue weighted by Crippen LogP contribution is -2.22. The average molecular weight is 268 g/mol. The van der Waals surface area contributed by atoms with Crippen LogP contribution >= 0.6 is 0 Å². The van der Waals surface area contributed by atoms with Gasteiger partial charge >= 0.3 is 0 Å². The van der Waals surface area contributed by atoms with Gasteiger partial charge in [0.15, 0.2) is 0 Å². The van der Waals surface area contributed by atoms with Gasteiger partial charge in [0, 0.05) is 30.9 Å². The molecule has 1 heterocycles. The summed E-state index contributed by atoms with van der Waals surface area (Å²) < 4.78 is 1.37. The number of anilines is 1. The molecule has 0 unspecified atom stereocenters. The summed E-state index contributed by atoms with van der Waals surface area (Å²) in [7, 11) is 0. The Labute approximate surface area is 115 Å². The van der Waals surface area contributed by atoms with E-state index in [4.69, 9.17) is 5.26 Å². The van der Waals surface area contributed by atoms with Gasteiger partial charge in [-0.3, -0.25) is 14.2 Å². The van der Waals surface area contributed by atoms with Gasteiger partial charge in [-0.05, 0) is 18.2 Å². The van der Waals surface area contributed by atoms with Gasteiger partial charge in [0.05, 0.1) is 18.0 Å². The molecule has 100 valence electrons. The van der Waals surface area contributed by atoms with E-state index in [9.17, 15) is 9.59 Å². The van der Waals surface area contributed by atoms with E-state index in [0.717, 1.165) is 0 Å². The maximum absolute atomic E-state index is 11.8. The summed E-state index contributed by atoms with van der Waals surface area (Å²) in [6.45, 7) is 0.260. The van der Waals surface area contributed by atoms with Crippen molar-refractivity contribution in [1.82, 2.24) is 9.55 Å². The number of amides is 1. The zero-order chi connectivity index (χ0) is 14.4. The first-order chi connectivity index (χ1) is 9.69. The molecule has 0 saturated heterocycles. The lowest BCUT2D eigenvalue weighted by atomic mass is 10.2. The molecular formula is C14H12N4O2. The number of rotatable bonds is 4. The minimum absolute atomic E-state index is 0.155. The summed E-state index contributed by atoms with van der Waals surface area (Å²) in [4.78, 5) is 27.0. The van der Waals surface area contributed by atoms with E-state index < -0.39 is 0 Å². The summed E-state index contributed by atoms with van der Waals surface area (Å²) in [6, 6.07) is 9.99. The number of aromatic nitrogens is 2. The summed E-state index contributed by atoms with van der Waals surface area (Å²) in [5.41, 5.74) is 0.846. The van der Waals surface area contributed by atoms with Crippen molar-refractivity contribution in [2.45, 2.75) is 13.0 Å². The SMILES string of the molecule is N#Cc1cccc(NC(=O)CCn2cnccc2=O)c1. The van der Waals surface area contributed by atoms with Gasteiger partial charge in [0.25, 0.3) is 5.56 Å². The third kappa shape index (κ3) is 3.53. The molecule has 0 aliphatic heterocycles. The van der Waals surface area contributed by atoms with E-state index in [0.29, 0.717) is 11.3 Å². The molecule has 1 aromatic heterocycles. The van der Waals surface area contributed by atoms with Crippen LogP contribution in [-0.2, 0) is 11.3 Å². The highest BCUT2D eigenvalue weighted by atomic mass is 16.1. The Morgan fingerprint density at radius 3 is 3.00 bits per heavy atom. The molecule has 0 radical (unpaired) electrons. The Hall–Kier alpha value is -2.94. The largest absolute Gasteiger partial charge is 0.326 e. The number of nitrogens with zero attached hydrogens (tertiary/aromatic N) is 3. The fourth-order valence-corrected chi connectivity index (χ4v) is 1.66. The Morgan fingerprint density at radius 1 is 1.40 bits per heavy atom. The van der Waals surface area contributed by atoms with Crippen LogP contribution in [0.1, 0.15) is 12.0 Å². The summed E-state index contributed by atoms with van der Waals surface area (Å²) in [5.74, 6) is -0.226. The smallest absolute Gasteiger partial charge is 0.253 e. The maximum Gasteiger partial charge on any atom is 0.253 e. The zero-order valence-corrected chi connectivity index (χ0v) is 10.6. The highest BCUT2D eigenvalue weighted by Crippen LogP contribution is 2.10. The molecular weight excluding hydrogens is 256 g/mol. The summed E-state index contributed by atoms with van der Waals surface area (Å²) >= 11 is 0. The van der Waals surface area contributed by atoms with Gasteiger partial charge in [0.1, 0.15) is 0 Å². The van der Waals surface area contributed by atoms with Crippen molar-refractivity contribution >= 4 is 11.6 Å². The minimum atomic E-state index is -0.226. The first-order valence-corrected chi connectivity index (χ1v) is 5.99. The van der Waals surface area contributed by atoms with Gasteiger partial charge in [-0.15, -0.1) is 0 Å². The molecule has 0 fully saturated rings. The van der Waals surface area contributed by atoms with E-state index in [2.05, 4.69) is 10.3 Å². The quantitative estimate of drug-likeness (QED) is 0.900. The third-order valence-corrected chi connectivity index (χ3v) is 2.65. The molecule has 0 bridgehead atoms. The van der Waals surface area contributed by atoms with Gasteiger partial charge in [-0.1, -0.05) is 6.07 Å². The van der Waals surface area contributed by atoms with E-state index in [1.54, 1.807) is 24.3 Å². The van der Waals surface area contributed by atoms with Crippen LogP contribution in [0.3, 0.4) is 0 Å². The number of carbonyl (C=O) groups excluding carboxylic acids is 1. The van der Waals surface area contributed by atoms with Gasteiger partial charge in [0.2, 0.25) is 5.91 Å². The second-order valence-electron chi connectivity index (χ2n) is 4.10. The Bertz CT molecular complexity index is 715. The second-order valence-corrected chi connectivity index (χ2v) is 4.10. The molecule has 1 amide bonds. The fourth-order valence-electron chi connectivity index (χ4n) is 1.66. The number of benzene rings is 1.